The van der Waals surface area contributed by atoms with Crippen molar-refractivity contribution in [3.63, 3.8) is 0 Å². The number of hydrogen-bond donors (Lipinski definition) is 1. The van der Waals surface area contributed by atoms with Crippen molar-refractivity contribution < 1.29 is 19.0 Å². The number of thiazole rings is 1. The minimum Gasteiger partial charge on any atom is -0.493 e. The quantitative estimate of drug-likeness (QED) is 0.491. The average Bonchev–Trinajstić information content (AvgIpc) is 3.38. The van der Waals surface area contributed by atoms with Gasteiger partial charge in [0.2, 0.25) is 5.75 Å². The molecule has 0 unspecified atom stereocenters. The third-order valence-corrected chi connectivity index (χ3v) is 5.70. The highest BCUT2D eigenvalue weighted by atomic mass is 32.1. The van der Waals surface area contributed by atoms with Crippen molar-refractivity contribution >= 4 is 33.8 Å². The Morgan fingerprint density at radius 2 is 1.73 bits per heavy atom. The molecule has 0 radical (unpaired) electrons. The van der Waals surface area contributed by atoms with E-state index in [0.29, 0.717) is 28.6 Å². The van der Waals surface area contributed by atoms with Gasteiger partial charge in [-0.3, -0.25) is 4.79 Å². The van der Waals surface area contributed by atoms with E-state index in [2.05, 4.69) is 33.1 Å². The molecule has 154 valence electrons. The number of anilines is 1. The van der Waals surface area contributed by atoms with Gasteiger partial charge in [-0.25, -0.2) is 4.98 Å². The fourth-order valence-corrected chi connectivity index (χ4v) is 4.19. The minimum atomic E-state index is -0.314. The molecule has 4 rings (SSSR count). The Kier molecular flexibility index (Phi) is 5.33. The maximum atomic E-state index is 12.8. The van der Waals surface area contributed by atoms with E-state index < -0.39 is 0 Å². The Morgan fingerprint density at radius 3 is 2.37 bits per heavy atom. The Labute approximate surface area is 177 Å². The van der Waals surface area contributed by atoms with Crippen LogP contribution in [0.4, 0.5) is 5.69 Å². The minimum absolute atomic E-state index is 0.314. The summed E-state index contributed by atoms with van der Waals surface area (Å²) in [6.07, 6.45) is 0. The van der Waals surface area contributed by atoms with Gasteiger partial charge in [-0.2, -0.15) is 0 Å². The van der Waals surface area contributed by atoms with Crippen molar-refractivity contribution in [2.24, 2.45) is 7.05 Å². The van der Waals surface area contributed by atoms with Crippen molar-refractivity contribution in [1.82, 2.24) is 9.55 Å². The summed E-state index contributed by atoms with van der Waals surface area (Å²) in [7, 11) is 6.58. The zero-order chi connectivity index (χ0) is 21.3. The smallest absolute Gasteiger partial charge is 0.275 e. The van der Waals surface area contributed by atoms with Crippen molar-refractivity contribution in [2.75, 3.05) is 26.6 Å². The van der Waals surface area contributed by atoms with Crippen LogP contribution < -0.4 is 19.5 Å². The van der Waals surface area contributed by atoms with Gasteiger partial charge in [0.15, 0.2) is 11.5 Å². The molecule has 7 nitrogen and oxygen atoms in total. The van der Waals surface area contributed by atoms with E-state index in [-0.39, 0.29) is 5.91 Å². The van der Waals surface area contributed by atoms with Crippen molar-refractivity contribution in [3.8, 4) is 28.0 Å². The maximum absolute atomic E-state index is 12.8. The number of amides is 1. The van der Waals surface area contributed by atoms with Crippen LogP contribution in [0.15, 0.2) is 47.8 Å². The molecule has 0 atom stereocenters. The summed E-state index contributed by atoms with van der Waals surface area (Å²) in [5, 5.41) is 6.51. The molecule has 0 spiro atoms. The Morgan fingerprint density at radius 1 is 1.03 bits per heavy atom. The molecular weight excluding hydrogens is 402 g/mol. The van der Waals surface area contributed by atoms with Gasteiger partial charge in [-0.05, 0) is 12.1 Å². The summed E-state index contributed by atoms with van der Waals surface area (Å²) in [6, 6.07) is 13.6. The molecule has 30 heavy (non-hydrogen) atoms. The molecule has 0 aliphatic heterocycles. The molecule has 0 aliphatic carbocycles. The lowest BCUT2D eigenvalue weighted by Gasteiger charge is -2.14. The summed E-state index contributed by atoms with van der Waals surface area (Å²) < 4.78 is 18.1. The number of hydrogen-bond acceptors (Lipinski definition) is 6. The van der Waals surface area contributed by atoms with Crippen LogP contribution in [-0.4, -0.2) is 36.8 Å². The zero-order valence-corrected chi connectivity index (χ0v) is 17.9. The summed E-state index contributed by atoms with van der Waals surface area (Å²) >= 11 is 1.43. The Hall–Kier alpha value is -3.52. The van der Waals surface area contributed by atoms with Gasteiger partial charge in [0.1, 0.15) is 10.7 Å². The van der Waals surface area contributed by atoms with Gasteiger partial charge >= 0.3 is 0 Å². The highest BCUT2D eigenvalue weighted by Gasteiger charge is 2.18. The van der Waals surface area contributed by atoms with E-state index in [1.807, 2.05) is 19.2 Å². The first-order valence-corrected chi connectivity index (χ1v) is 10.1. The van der Waals surface area contributed by atoms with E-state index >= 15 is 0 Å². The van der Waals surface area contributed by atoms with Crippen LogP contribution in [0.5, 0.6) is 17.2 Å². The number of ether oxygens (including phenoxy) is 3. The van der Waals surface area contributed by atoms with E-state index in [0.717, 1.165) is 21.6 Å². The fourth-order valence-electron chi connectivity index (χ4n) is 3.34. The number of benzene rings is 2. The average molecular weight is 423 g/mol. The van der Waals surface area contributed by atoms with Crippen molar-refractivity contribution in [3.05, 3.63) is 53.5 Å². The number of rotatable bonds is 6. The lowest BCUT2D eigenvalue weighted by molar-refractivity contribution is 0.102. The van der Waals surface area contributed by atoms with Crippen LogP contribution in [-0.2, 0) is 7.05 Å². The first-order chi connectivity index (χ1) is 14.5. The standard InChI is InChI=1S/C22H21N3O4S/c1-25-16-8-6-5-7-13(16)9-17(25)22-24-15(12-30-22)21(26)23-14-10-18(27-2)20(29-4)19(11-14)28-3/h5-12H,1-4H3,(H,23,26). The molecule has 0 fully saturated rings. The molecular formula is C22H21N3O4S. The normalized spacial score (nSPS) is 10.8. The molecule has 0 saturated carbocycles. The largest absolute Gasteiger partial charge is 0.493 e. The van der Waals surface area contributed by atoms with Crippen LogP contribution in [0, 0.1) is 0 Å². The number of aryl methyl sites for hydroxylation is 1. The van der Waals surface area contributed by atoms with Crippen molar-refractivity contribution in [1.29, 1.82) is 0 Å². The lowest BCUT2D eigenvalue weighted by Crippen LogP contribution is -2.12. The predicted molar refractivity (Wildman–Crippen MR) is 118 cm³/mol. The van der Waals surface area contributed by atoms with Crippen LogP contribution in [0.25, 0.3) is 21.6 Å². The molecule has 0 saturated heterocycles. The van der Waals surface area contributed by atoms with Crippen LogP contribution in [0.3, 0.4) is 0 Å². The molecule has 1 amide bonds. The molecule has 0 bridgehead atoms. The van der Waals surface area contributed by atoms with E-state index in [4.69, 9.17) is 14.2 Å². The van der Waals surface area contributed by atoms with E-state index in [1.165, 1.54) is 32.7 Å². The van der Waals surface area contributed by atoms with Gasteiger partial charge in [-0.15, -0.1) is 11.3 Å². The second-order valence-electron chi connectivity index (χ2n) is 6.55. The first kappa shape index (κ1) is 19.8. The summed E-state index contributed by atoms with van der Waals surface area (Å²) in [5.74, 6) is 1.07. The summed E-state index contributed by atoms with van der Waals surface area (Å²) in [6.45, 7) is 0. The Balaban J connectivity index is 1.61. The molecule has 2 aromatic heterocycles. The molecule has 4 aromatic rings. The lowest BCUT2D eigenvalue weighted by atomic mass is 10.2. The molecule has 2 heterocycles. The SMILES string of the molecule is COc1cc(NC(=O)c2csc(-c3cc4ccccc4n3C)n2)cc(OC)c1OC. The maximum Gasteiger partial charge on any atom is 0.275 e. The van der Waals surface area contributed by atoms with Gasteiger partial charge in [0, 0.05) is 41.2 Å². The summed E-state index contributed by atoms with van der Waals surface area (Å²) in [5.41, 5.74) is 2.95. The monoisotopic (exact) mass is 423 g/mol. The van der Waals surface area contributed by atoms with E-state index in [9.17, 15) is 4.79 Å². The van der Waals surface area contributed by atoms with E-state index in [1.54, 1.807) is 17.5 Å². The number of aromatic nitrogens is 2. The third-order valence-electron chi connectivity index (χ3n) is 4.83. The molecule has 1 N–H and O–H groups in total. The second-order valence-corrected chi connectivity index (χ2v) is 7.41. The number of fused-ring (bicyclic) bond motifs is 1. The molecule has 0 aliphatic rings. The molecule has 2 aromatic carbocycles. The van der Waals surface area contributed by atoms with Crippen LogP contribution >= 0.6 is 11.3 Å². The first-order valence-electron chi connectivity index (χ1n) is 9.17. The number of carbonyl (C=O) groups is 1. The fraction of sp³-hybridized carbons (Fsp3) is 0.182. The second kappa shape index (κ2) is 8.08. The van der Waals surface area contributed by atoms with Crippen molar-refractivity contribution in [2.45, 2.75) is 0 Å². The predicted octanol–water partition coefficient (Wildman–Crippen LogP) is 4.58. The molecule has 8 heteroatoms. The summed E-state index contributed by atoms with van der Waals surface area (Å²) in [4.78, 5) is 17.3. The van der Waals surface area contributed by atoms with Gasteiger partial charge in [-0.1, -0.05) is 18.2 Å². The zero-order valence-electron chi connectivity index (χ0n) is 17.1. The third kappa shape index (κ3) is 3.46. The highest BCUT2D eigenvalue weighted by molar-refractivity contribution is 7.13. The number of nitrogens with zero attached hydrogens (tertiary/aromatic N) is 2. The van der Waals surface area contributed by atoms with Crippen LogP contribution in [0.1, 0.15) is 10.5 Å². The van der Waals surface area contributed by atoms with Gasteiger partial charge in [0.25, 0.3) is 5.91 Å². The van der Waals surface area contributed by atoms with Gasteiger partial charge < -0.3 is 24.1 Å². The van der Waals surface area contributed by atoms with Crippen LogP contribution in [0.2, 0.25) is 0 Å². The number of para-hydroxylation sites is 1. The highest BCUT2D eigenvalue weighted by Crippen LogP contribution is 2.40. The number of methoxy groups -OCH3 is 3. The number of nitrogens with one attached hydrogen (secondary N) is 1. The number of carbonyl (C=O) groups excluding carboxylic acids is 1. The topological polar surface area (TPSA) is 74.6 Å². The van der Waals surface area contributed by atoms with Gasteiger partial charge in [0.05, 0.1) is 27.0 Å². The Bertz CT molecular complexity index is 1200.